The first-order valence-electron chi connectivity index (χ1n) is 17.0. The molecule has 0 aliphatic rings. The van der Waals surface area contributed by atoms with Gasteiger partial charge in [-0.05, 0) is 82.5 Å². The van der Waals surface area contributed by atoms with E-state index in [1.54, 1.807) is 109 Å². The van der Waals surface area contributed by atoms with Crippen molar-refractivity contribution in [3.05, 3.63) is 101 Å². The maximum atomic E-state index is 12.4. The number of nitrogens with zero attached hydrogens (tertiary/aromatic N) is 4. The smallest absolute Gasteiger partial charge is 0.287 e. The summed E-state index contributed by atoms with van der Waals surface area (Å²) in [5.41, 5.74) is 9.23. The molecule has 0 fully saturated rings. The van der Waals surface area contributed by atoms with Crippen LogP contribution in [0.2, 0.25) is 0 Å². The van der Waals surface area contributed by atoms with Crippen LogP contribution in [0.4, 0.5) is 5.82 Å². The molecule has 0 atom stereocenters. The molecule has 0 radical (unpaired) electrons. The second-order valence-electron chi connectivity index (χ2n) is 13.6. The summed E-state index contributed by atoms with van der Waals surface area (Å²) in [6.07, 6.45) is 7.43. The highest BCUT2D eigenvalue weighted by Crippen LogP contribution is 2.33. The number of aromatic nitrogens is 4. The largest absolute Gasteiger partial charge is 0.382 e. The van der Waals surface area contributed by atoms with Crippen LogP contribution in [-0.4, -0.2) is 77.8 Å². The van der Waals surface area contributed by atoms with Gasteiger partial charge in [0.1, 0.15) is 5.82 Å². The molecule has 2 heterocycles. The third-order valence-corrected chi connectivity index (χ3v) is 12.8. The van der Waals surface area contributed by atoms with E-state index in [9.17, 15) is 19.2 Å². The lowest BCUT2D eigenvalue weighted by atomic mass is 10.1. The zero-order valence-corrected chi connectivity index (χ0v) is 35.5. The number of imidazole rings is 2. The topological polar surface area (TPSA) is 178 Å². The van der Waals surface area contributed by atoms with Crippen molar-refractivity contribution in [3.63, 3.8) is 0 Å². The Hall–Kier alpha value is -4.06. The van der Waals surface area contributed by atoms with Crippen LogP contribution in [0.15, 0.2) is 60.9 Å². The number of nitrogens with two attached hydrogens (primary N) is 1. The minimum atomic E-state index is -0.320. The molecule has 0 bridgehead atoms. The van der Waals surface area contributed by atoms with Crippen molar-refractivity contribution in [1.82, 2.24) is 40.4 Å². The number of nitrogens with one attached hydrogen (secondary N) is 4. The first-order valence-corrected chi connectivity index (χ1v) is 22.1. The Morgan fingerprint density at radius 1 is 0.667 bits per heavy atom. The summed E-state index contributed by atoms with van der Waals surface area (Å²) in [6, 6.07) is 14.5. The SMILES string of the molecule is CSSC(C)(C)CNC(=O)c1cccc(CNC(=O)c2nc(C)cn2C)c1.CSSC(C)(C)CNC(=O)c1cccc(CNC(=O)c2nc(N)cn2C)c1. The van der Waals surface area contributed by atoms with Gasteiger partial charge in [0, 0.05) is 73.3 Å². The minimum Gasteiger partial charge on any atom is -0.382 e. The van der Waals surface area contributed by atoms with Crippen molar-refractivity contribution in [2.24, 2.45) is 14.1 Å². The Morgan fingerprint density at radius 2 is 1.09 bits per heavy atom. The van der Waals surface area contributed by atoms with Crippen LogP contribution in [0.5, 0.6) is 0 Å². The molecule has 2 aromatic heterocycles. The molecule has 13 nitrogen and oxygen atoms in total. The first kappa shape index (κ1) is 44.3. The molecule has 6 N–H and O–H groups in total. The van der Waals surface area contributed by atoms with Crippen molar-refractivity contribution in [2.45, 2.75) is 57.2 Å². The number of amides is 4. The molecular weight excluding hydrogens is 763 g/mol. The average molecular weight is 814 g/mol. The lowest BCUT2D eigenvalue weighted by Gasteiger charge is -2.22. The molecular formula is C37H51N9O4S4. The normalized spacial score (nSPS) is 11.3. The summed E-state index contributed by atoms with van der Waals surface area (Å²) >= 11 is 0. The van der Waals surface area contributed by atoms with E-state index in [-0.39, 0.29) is 38.9 Å². The van der Waals surface area contributed by atoms with E-state index in [2.05, 4.69) is 58.9 Å². The fourth-order valence-corrected chi connectivity index (χ4v) is 9.22. The van der Waals surface area contributed by atoms with Gasteiger partial charge in [0.2, 0.25) is 5.82 Å². The van der Waals surface area contributed by atoms with Crippen molar-refractivity contribution < 1.29 is 19.2 Å². The maximum absolute atomic E-state index is 12.4. The predicted molar refractivity (Wildman–Crippen MR) is 226 cm³/mol. The second-order valence-corrected chi connectivity index (χ2v) is 19.8. The minimum absolute atomic E-state index is 0.0408. The summed E-state index contributed by atoms with van der Waals surface area (Å²) < 4.78 is 3.18. The highest BCUT2D eigenvalue weighted by molar-refractivity contribution is 8.77. The van der Waals surface area contributed by atoms with E-state index >= 15 is 0 Å². The van der Waals surface area contributed by atoms with E-state index in [1.165, 1.54) is 0 Å². The summed E-state index contributed by atoms with van der Waals surface area (Å²) in [7, 11) is 10.3. The van der Waals surface area contributed by atoms with Gasteiger partial charge < -0.3 is 36.1 Å². The Labute approximate surface area is 333 Å². The van der Waals surface area contributed by atoms with Gasteiger partial charge in [0.25, 0.3) is 23.6 Å². The van der Waals surface area contributed by atoms with E-state index in [1.807, 2.05) is 37.6 Å². The Kier molecular flexibility index (Phi) is 16.9. The van der Waals surface area contributed by atoms with E-state index < -0.39 is 0 Å². The molecule has 0 saturated carbocycles. The maximum Gasteiger partial charge on any atom is 0.287 e. The van der Waals surface area contributed by atoms with Crippen LogP contribution in [0.25, 0.3) is 0 Å². The molecule has 54 heavy (non-hydrogen) atoms. The molecule has 0 aliphatic heterocycles. The molecule has 17 heteroatoms. The van der Waals surface area contributed by atoms with Gasteiger partial charge in [0.15, 0.2) is 5.82 Å². The number of carbonyl (C=O) groups is 4. The summed E-state index contributed by atoms with van der Waals surface area (Å²) in [5.74, 6) is 0.109. The van der Waals surface area contributed by atoms with Gasteiger partial charge in [-0.1, -0.05) is 67.4 Å². The number of rotatable bonds is 16. The zero-order chi connectivity index (χ0) is 40.1. The molecule has 292 valence electrons. The molecule has 0 spiro atoms. The monoisotopic (exact) mass is 813 g/mol. The number of hydrogen-bond donors (Lipinski definition) is 5. The van der Waals surface area contributed by atoms with E-state index in [0.29, 0.717) is 48.9 Å². The van der Waals surface area contributed by atoms with Gasteiger partial charge >= 0.3 is 0 Å². The molecule has 4 rings (SSSR count). The van der Waals surface area contributed by atoms with Crippen molar-refractivity contribution in [3.8, 4) is 0 Å². The molecule has 0 aliphatic carbocycles. The lowest BCUT2D eigenvalue weighted by Crippen LogP contribution is -2.35. The summed E-state index contributed by atoms with van der Waals surface area (Å²) in [6.45, 7) is 12.0. The highest BCUT2D eigenvalue weighted by Gasteiger charge is 2.21. The molecule has 4 aromatic rings. The van der Waals surface area contributed by atoms with Crippen molar-refractivity contribution in [1.29, 1.82) is 0 Å². The zero-order valence-electron chi connectivity index (χ0n) is 32.2. The van der Waals surface area contributed by atoms with E-state index in [4.69, 9.17) is 5.73 Å². The number of nitrogen functional groups attached to an aromatic ring is 1. The quantitative estimate of drug-likeness (QED) is 0.0887. The first-order chi connectivity index (χ1) is 25.4. The fourth-order valence-electron chi connectivity index (χ4n) is 5.00. The summed E-state index contributed by atoms with van der Waals surface area (Å²) in [5, 5.41) is 11.6. The Balaban J connectivity index is 0.000000290. The van der Waals surface area contributed by atoms with Gasteiger partial charge in [-0.3, -0.25) is 19.2 Å². The van der Waals surface area contributed by atoms with E-state index in [0.717, 1.165) is 16.8 Å². The van der Waals surface area contributed by atoms with Crippen LogP contribution in [0.3, 0.4) is 0 Å². The molecule has 0 saturated heterocycles. The van der Waals surface area contributed by atoms with Crippen LogP contribution < -0.4 is 27.0 Å². The number of benzene rings is 2. The van der Waals surface area contributed by atoms with Crippen molar-refractivity contribution >= 4 is 72.6 Å². The molecule has 2 aromatic carbocycles. The van der Waals surface area contributed by atoms with Crippen molar-refractivity contribution in [2.75, 3.05) is 31.3 Å². The standard InChI is InChI=1S/C19H26N4O2S2.C18H25N5O2S2/c1-13-11-23(4)16(22-13)18(25)20-10-14-7-6-8-15(9-14)17(24)21-12-19(2,3)27-26-5;1-18(2,27-26-4)11-21-16(24)13-7-5-6-12(8-13)9-20-17(25)15-22-14(19)10-23(15)3/h6-9,11H,10,12H2,1-5H3,(H,20,25)(H,21,24);5-8,10H,9,11,19H2,1-4H3,(H,20,25)(H,21,24). The average Bonchev–Trinajstić information content (AvgIpc) is 3.66. The van der Waals surface area contributed by atoms with Crippen LogP contribution in [-0.2, 0) is 27.2 Å². The second kappa shape index (κ2) is 20.6. The Morgan fingerprint density at radius 3 is 1.46 bits per heavy atom. The molecule has 0 unspecified atom stereocenters. The van der Waals surface area contributed by atoms with Gasteiger partial charge in [-0.25, -0.2) is 9.97 Å². The van der Waals surface area contributed by atoms with Crippen LogP contribution in [0, 0.1) is 6.92 Å². The third-order valence-electron chi connectivity index (χ3n) is 7.55. The summed E-state index contributed by atoms with van der Waals surface area (Å²) in [4.78, 5) is 57.5. The van der Waals surface area contributed by atoms with Gasteiger partial charge in [-0.15, -0.1) is 0 Å². The van der Waals surface area contributed by atoms with Crippen LogP contribution >= 0.6 is 43.2 Å². The number of hydrogen-bond acceptors (Lipinski definition) is 11. The number of carbonyl (C=O) groups excluding carboxylic acids is 4. The van der Waals surface area contributed by atoms with Crippen LogP contribution in [0.1, 0.15) is 86.5 Å². The highest BCUT2D eigenvalue weighted by atomic mass is 33.1. The third kappa shape index (κ3) is 14.3. The Bertz CT molecular complexity index is 1770. The number of aryl methyl sites for hydroxylation is 3. The number of anilines is 1. The lowest BCUT2D eigenvalue weighted by molar-refractivity contribution is 0.0929. The predicted octanol–water partition coefficient (Wildman–Crippen LogP) is 5.63. The van der Waals surface area contributed by atoms with Gasteiger partial charge in [-0.2, -0.15) is 0 Å². The van der Waals surface area contributed by atoms with Gasteiger partial charge in [0.05, 0.1) is 5.69 Å². The fraction of sp³-hybridized carbons (Fsp3) is 0.405. The molecule has 4 amide bonds.